The van der Waals surface area contributed by atoms with Crippen LogP contribution in [0.1, 0.15) is 11.7 Å². The first-order chi connectivity index (χ1) is 7.16. The van der Waals surface area contributed by atoms with Crippen molar-refractivity contribution in [2.24, 2.45) is 0 Å². The average Bonchev–Trinajstić information content (AvgIpc) is 2.14. The highest BCUT2D eigenvalue weighted by atomic mass is 79.9. The molecule has 3 nitrogen and oxygen atoms in total. The van der Waals surface area contributed by atoms with Gasteiger partial charge in [0.25, 0.3) is 0 Å². The van der Waals surface area contributed by atoms with Gasteiger partial charge in [0.15, 0.2) is 9.84 Å². The molecular weight excluding hydrogens is 323 g/mol. The summed E-state index contributed by atoms with van der Waals surface area (Å²) in [6, 6.07) is 4.95. The number of benzene rings is 1. The Balaban J connectivity index is 3.17. The van der Waals surface area contributed by atoms with Gasteiger partial charge in [0, 0.05) is 6.26 Å². The number of alkyl halides is 2. The Kier molecular flexibility index (Phi) is 3.99. The molecule has 0 aliphatic heterocycles. The lowest BCUT2D eigenvalue weighted by molar-refractivity contribution is 0.185. The summed E-state index contributed by atoms with van der Waals surface area (Å²) in [5, 5.41) is 9.78. The van der Waals surface area contributed by atoms with Gasteiger partial charge >= 0.3 is 0 Å². The van der Waals surface area contributed by atoms with Gasteiger partial charge in [0.2, 0.25) is 3.12 Å². The van der Waals surface area contributed by atoms with Crippen LogP contribution in [0.15, 0.2) is 24.3 Å². The third-order valence-electron chi connectivity index (χ3n) is 1.98. The lowest BCUT2D eigenvalue weighted by Gasteiger charge is -2.24. The molecule has 0 aliphatic rings. The molecule has 1 aromatic rings. The van der Waals surface area contributed by atoms with Gasteiger partial charge in [0.1, 0.15) is 11.9 Å². The molecule has 0 saturated heterocycles. The first-order valence-electron chi connectivity index (χ1n) is 4.17. The second-order valence-corrected chi connectivity index (χ2v) is 8.53. The van der Waals surface area contributed by atoms with Gasteiger partial charge in [0.05, 0.1) is 0 Å². The minimum atomic E-state index is -3.75. The predicted molar refractivity (Wildman–Crippen MR) is 63.7 cm³/mol. The van der Waals surface area contributed by atoms with E-state index in [1.165, 1.54) is 18.2 Å². The smallest absolute Gasteiger partial charge is 0.228 e. The second-order valence-electron chi connectivity index (χ2n) is 3.29. The maximum atomic E-state index is 12.9. The minimum absolute atomic E-state index is 0.0808. The van der Waals surface area contributed by atoms with E-state index in [0.29, 0.717) is 0 Å². The van der Waals surface area contributed by atoms with E-state index in [1.807, 2.05) is 0 Å². The van der Waals surface area contributed by atoms with Gasteiger partial charge in [-0.1, -0.05) is 23.7 Å². The van der Waals surface area contributed by atoms with Crippen molar-refractivity contribution in [3.63, 3.8) is 0 Å². The SMILES string of the molecule is CS(=O)(=O)C(Cl)(Br)C(O)c1cccc(F)c1. The van der Waals surface area contributed by atoms with Crippen LogP contribution in [0.2, 0.25) is 0 Å². The van der Waals surface area contributed by atoms with Crippen molar-refractivity contribution in [1.29, 1.82) is 0 Å². The van der Waals surface area contributed by atoms with E-state index in [-0.39, 0.29) is 5.56 Å². The number of halogens is 3. The number of aliphatic hydroxyl groups excluding tert-OH is 1. The second kappa shape index (κ2) is 4.60. The summed E-state index contributed by atoms with van der Waals surface area (Å²) in [4.78, 5) is 0. The van der Waals surface area contributed by atoms with E-state index < -0.39 is 24.9 Å². The zero-order chi connectivity index (χ0) is 12.6. The van der Waals surface area contributed by atoms with Crippen molar-refractivity contribution in [1.82, 2.24) is 0 Å². The summed E-state index contributed by atoms with van der Waals surface area (Å²) in [6.45, 7) is 0. The van der Waals surface area contributed by atoms with Crippen molar-refractivity contribution in [3.8, 4) is 0 Å². The summed E-state index contributed by atoms with van der Waals surface area (Å²) in [5.41, 5.74) is 0.0808. The number of aliphatic hydroxyl groups is 1. The number of hydrogen-bond donors (Lipinski definition) is 1. The van der Waals surface area contributed by atoms with E-state index in [2.05, 4.69) is 15.9 Å². The van der Waals surface area contributed by atoms with E-state index in [4.69, 9.17) is 11.6 Å². The number of rotatable bonds is 3. The topological polar surface area (TPSA) is 54.4 Å². The Hall–Kier alpha value is -0.170. The molecule has 0 aromatic heterocycles. The lowest BCUT2D eigenvalue weighted by Crippen LogP contribution is -2.32. The summed E-state index contributed by atoms with van der Waals surface area (Å²) >= 11 is 8.44. The molecule has 1 rings (SSSR count). The van der Waals surface area contributed by atoms with Crippen molar-refractivity contribution >= 4 is 37.4 Å². The molecule has 16 heavy (non-hydrogen) atoms. The maximum absolute atomic E-state index is 12.9. The maximum Gasteiger partial charge on any atom is 0.228 e. The van der Waals surface area contributed by atoms with Crippen LogP contribution in [0.25, 0.3) is 0 Å². The Morgan fingerprint density at radius 1 is 1.56 bits per heavy atom. The molecule has 2 unspecified atom stereocenters. The summed E-state index contributed by atoms with van der Waals surface area (Å²) in [5.74, 6) is -0.579. The normalized spacial score (nSPS) is 17.8. The largest absolute Gasteiger partial charge is 0.385 e. The quantitative estimate of drug-likeness (QED) is 0.864. The van der Waals surface area contributed by atoms with Crippen molar-refractivity contribution in [2.45, 2.75) is 9.22 Å². The molecule has 2 atom stereocenters. The fraction of sp³-hybridized carbons (Fsp3) is 0.333. The zero-order valence-corrected chi connectivity index (χ0v) is 11.4. The molecule has 0 saturated carbocycles. The first kappa shape index (κ1) is 13.9. The van der Waals surface area contributed by atoms with Gasteiger partial charge in [-0.2, -0.15) is 0 Å². The molecule has 0 spiro atoms. The van der Waals surface area contributed by atoms with Crippen LogP contribution >= 0.6 is 27.5 Å². The van der Waals surface area contributed by atoms with Crippen molar-refractivity contribution < 1.29 is 17.9 Å². The molecule has 0 heterocycles. The third-order valence-corrected chi connectivity index (χ3v) is 6.43. The number of hydrogen-bond acceptors (Lipinski definition) is 3. The average molecular weight is 332 g/mol. The van der Waals surface area contributed by atoms with Crippen LogP contribution in [-0.4, -0.2) is 22.9 Å². The van der Waals surface area contributed by atoms with Crippen LogP contribution in [0, 0.1) is 5.82 Å². The van der Waals surface area contributed by atoms with Crippen LogP contribution < -0.4 is 0 Å². The van der Waals surface area contributed by atoms with Gasteiger partial charge in [-0.25, -0.2) is 12.8 Å². The Morgan fingerprint density at radius 3 is 2.56 bits per heavy atom. The number of sulfone groups is 1. The molecule has 0 fully saturated rings. The van der Waals surface area contributed by atoms with E-state index in [0.717, 1.165) is 12.3 Å². The predicted octanol–water partition coefficient (Wildman–Crippen LogP) is 2.19. The monoisotopic (exact) mass is 330 g/mol. The van der Waals surface area contributed by atoms with Crippen molar-refractivity contribution in [3.05, 3.63) is 35.6 Å². The highest BCUT2D eigenvalue weighted by Crippen LogP contribution is 2.42. The fourth-order valence-corrected chi connectivity index (χ4v) is 2.01. The Morgan fingerprint density at radius 2 is 2.12 bits per heavy atom. The van der Waals surface area contributed by atoms with Crippen molar-refractivity contribution in [2.75, 3.05) is 6.26 Å². The summed E-state index contributed by atoms with van der Waals surface area (Å²) < 4.78 is 33.5. The molecule has 1 aromatic carbocycles. The van der Waals surface area contributed by atoms with E-state index in [9.17, 15) is 17.9 Å². The molecule has 1 N–H and O–H groups in total. The van der Waals surface area contributed by atoms with Gasteiger partial charge < -0.3 is 5.11 Å². The van der Waals surface area contributed by atoms with Crippen LogP contribution in [0.5, 0.6) is 0 Å². The molecule has 0 bridgehead atoms. The molecule has 0 radical (unpaired) electrons. The Labute approximate surface area is 106 Å². The lowest BCUT2D eigenvalue weighted by atomic mass is 10.1. The minimum Gasteiger partial charge on any atom is -0.385 e. The summed E-state index contributed by atoms with van der Waals surface area (Å²) in [7, 11) is -3.75. The Bertz CT molecular complexity index is 489. The first-order valence-corrected chi connectivity index (χ1v) is 7.23. The molecule has 90 valence electrons. The van der Waals surface area contributed by atoms with Crippen LogP contribution in [-0.2, 0) is 9.84 Å². The molecule has 0 aliphatic carbocycles. The molecule has 0 amide bonds. The molecular formula is C9H9BrClFO3S. The fourth-order valence-electron chi connectivity index (χ4n) is 1.07. The van der Waals surface area contributed by atoms with E-state index in [1.54, 1.807) is 0 Å². The van der Waals surface area contributed by atoms with Crippen LogP contribution in [0.3, 0.4) is 0 Å². The van der Waals surface area contributed by atoms with Gasteiger partial charge in [-0.05, 0) is 33.6 Å². The zero-order valence-electron chi connectivity index (χ0n) is 8.19. The molecule has 7 heteroatoms. The highest BCUT2D eigenvalue weighted by Gasteiger charge is 2.44. The van der Waals surface area contributed by atoms with Gasteiger partial charge in [-0.15, -0.1) is 0 Å². The van der Waals surface area contributed by atoms with Crippen LogP contribution in [0.4, 0.5) is 4.39 Å². The summed E-state index contributed by atoms with van der Waals surface area (Å²) in [6.07, 6.45) is -0.697. The highest BCUT2D eigenvalue weighted by molar-refractivity contribution is 9.12. The van der Waals surface area contributed by atoms with E-state index >= 15 is 0 Å². The standard InChI is InChI=1S/C9H9BrClFO3S/c1-16(14,15)9(10,11)8(13)6-3-2-4-7(12)5-6/h2-5,8,13H,1H3. The van der Waals surface area contributed by atoms with Gasteiger partial charge in [-0.3, -0.25) is 0 Å². The third kappa shape index (κ3) is 2.74.